The first-order chi connectivity index (χ1) is 12.1. The van der Waals surface area contributed by atoms with Crippen LogP contribution in [-0.4, -0.2) is 52.6 Å². The fourth-order valence-electron chi connectivity index (χ4n) is 4.25. The molecule has 2 aliphatic rings. The smallest absolute Gasteiger partial charge is 0.205 e. The van der Waals surface area contributed by atoms with Crippen molar-refractivity contribution in [3.63, 3.8) is 0 Å². The molecule has 2 saturated heterocycles. The highest BCUT2D eigenvalue weighted by atomic mass is 32.1. The standard InChI is InChI=1S/C19H20N4OS/c1-11-3-6-16(25-11)12-4-5-15-14(7-12)17(22-21-15)18(24)19-8-13(9-20-19)23(2)10-19/h3-7,13,20H,8-10H2,1-2H3,(H,21,22)/t13-,19+/m0/s1. The van der Waals surface area contributed by atoms with Gasteiger partial charge in [-0.3, -0.25) is 14.8 Å². The molecule has 1 aromatic carbocycles. The van der Waals surface area contributed by atoms with Crippen molar-refractivity contribution < 1.29 is 4.79 Å². The van der Waals surface area contributed by atoms with Crippen molar-refractivity contribution in [2.75, 3.05) is 20.1 Å². The number of H-pyrrole nitrogens is 1. The minimum atomic E-state index is -0.475. The van der Waals surface area contributed by atoms with Crippen molar-refractivity contribution in [1.82, 2.24) is 20.4 Å². The number of rotatable bonds is 3. The van der Waals surface area contributed by atoms with E-state index in [0.29, 0.717) is 11.7 Å². The lowest BCUT2D eigenvalue weighted by Crippen LogP contribution is -2.55. The van der Waals surface area contributed by atoms with Crippen molar-refractivity contribution in [1.29, 1.82) is 0 Å². The van der Waals surface area contributed by atoms with E-state index in [1.807, 2.05) is 6.07 Å². The van der Waals surface area contributed by atoms with Gasteiger partial charge >= 0.3 is 0 Å². The molecule has 5 rings (SSSR count). The number of thiophene rings is 1. The lowest BCUT2D eigenvalue weighted by atomic mass is 9.90. The third-order valence-electron chi connectivity index (χ3n) is 5.64. The molecule has 0 spiro atoms. The summed E-state index contributed by atoms with van der Waals surface area (Å²) in [6.07, 6.45) is 0.875. The van der Waals surface area contributed by atoms with Gasteiger partial charge < -0.3 is 5.32 Å². The molecule has 2 aromatic heterocycles. The molecule has 2 bridgehead atoms. The summed E-state index contributed by atoms with van der Waals surface area (Å²) in [4.78, 5) is 18.1. The molecule has 0 radical (unpaired) electrons. The van der Waals surface area contributed by atoms with Crippen molar-refractivity contribution in [2.24, 2.45) is 0 Å². The Morgan fingerprint density at radius 3 is 2.92 bits per heavy atom. The summed E-state index contributed by atoms with van der Waals surface area (Å²) < 4.78 is 0. The predicted molar refractivity (Wildman–Crippen MR) is 100 cm³/mol. The summed E-state index contributed by atoms with van der Waals surface area (Å²) in [6.45, 7) is 3.75. The van der Waals surface area contributed by atoms with Gasteiger partial charge in [0.1, 0.15) is 5.69 Å². The van der Waals surface area contributed by atoms with Crippen molar-refractivity contribution >= 4 is 28.0 Å². The second-order valence-electron chi connectivity index (χ2n) is 7.31. The Morgan fingerprint density at radius 1 is 1.36 bits per heavy atom. The summed E-state index contributed by atoms with van der Waals surface area (Å²) in [5.41, 5.74) is 2.14. The van der Waals surface area contributed by atoms with E-state index in [1.54, 1.807) is 11.3 Å². The summed E-state index contributed by atoms with van der Waals surface area (Å²) in [6, 6.07) is 10.9. The topological polar surface area (TPSA) is 61.0 Å². The molecule has 0 saturated carbocycles. The van der Waals surface area contributed by atoms with E-state index in [0.717, 1.165) is 36.0 Å². The number of likely N-dealkylation sites (N-methyl/N-ethyl adjacent to an activating group) is 1. The number of nitrogens with one attached hydrogen (secondary N) is 2. The highest BCUT2D eigenvalue weighted by Crippen LogP contribution is 2.36. The quantitative estimate of drug-likeness (QED) is 0.712. The SMILES string of the molecule is Cc1ccc(-c2ccc3[nH]nc(C(=O)[C@]45C[C@@H](CN4)N(C)C5)c3c2)s1. The third-order valence-corrected chi connectivity index (χ3v) is 6.69. The van der Waals surface area contributed by atoms with Crippen LogP contribution in [0, 0.1) is 6.92 Å². The van der Waals surface area contributed by atoms with Crippen LogP contribution >= 0.6 is 11.3 Å². The Morgan fingerprint density at radius 2 is 2.24 bits per heavy atom. The Balaban J connectivity index is 1.59. The van der Waals surface area contributed by atoms with Gasteiger partial charge in [0.15, 0.2) is 0 Å². The second kappa shape index (κ2) is 5.24. The first-order valence-electron chi connectivity index (χ1n) is 8.61. The number of aryl methyl sites for hydroxylation is 1. The number of benzene rings is 1. The van der Waals surface area contributed by atoms with Crippen LogP contribution in [0.2, 0.25) is 0 Å². The largest absolute Gasteiger partial charge is 0.302 e. The average Bonchev–Trinajstić information content (AvgIpc) is 3.36. The molecule has 4 heterocycles. The number of fused-ring (bicyclic) bond motifs is 3. The molecule has 2 fully saturated rings. The number of carbonyl (C=O) groups excluding carboxylic acids is 1. The predicted octanol–water partition coefficient (Wildman–Crippen LogP) is 2.83. The van der Waals surface area contributed by atoms with Gasteiger partial charge in [0, 0.05) is 34.3 Å². The number of aromatic nitrogens is 2. The zero-order valence-electron chi connectivity index (χ0n) is 14.3. The van der Waals surface area contributed by atoms with Crippen molar-refractivity contribution in [3.8, 4) is 10.4 Å². The molecule has 0 amide bonds. The minimum absolute atomic E-state index is 0.116. The van der Waals surface area contributed by atoms with Crippen LogP contribution in [0.3, 0.4) is 0 Å². The number of ketones is 1. The van der Waals surface area contributed by atoms with Crippen LogP contribution in [-0.2, 0) is 0 Å². The molecule has 2 aliphatic heterocycles. The number of carbonyl (C=O) groups is 1. The number of nitrogens with zero attached hydrogens (tertiary/aromatic N) is 2. The fraction of sp³-hybridized carbons (Fsp3) is 0.368. The molecule has 5 nitrogen and oxygen atoms in total. The van der Waals surface area contributed by atoms with Crippen LogP contribution in [0.1, 0.15) is 21.8 Å². The Bertz CT molecular complexity index is 986. The molecule has 6 heteroatoms. The third kappa shape index (κ3) is 2.21. The maximum absolute atomic E-state index is 13.3. The van der Waals surface area contributed by atoms with Crippen molar-refractivity contribution in [2.45, 2.75) is 24.9 Å². The Kier molecular flexibility index (Phi) is 3.20. The molecule has 3 aromatic rings. The van der Waals surface area contributed by atoms with Crippen molar-refractivity contribution in [3.05, 3.63) is 40.9 Å². The lowest BCUT2D eigenvalue weighted by Gasteiger charge is -2.29. The number of piperazine rings is 1. The van der Waals surface area contributed by atoms with Gasteiger partial charge in [-0.25, -0.2) is 0 Å². The average molecular weight is 352 g/mol. The summed E-state index contributed by atoms with van der Waals surface area (Å²) in [5.74, 6) is 0.116. The van der Waals surface area contributed by atoms with Crippen LogP contribution < -0.4 is 5.32 Å². The second-order valence-corrected chi connectivity index (χ2v) is 8.60. The van der Waals surface area contributed by atoms with Crippen LogP contribution in [0.4, 0.5) is 0 Å². The molecule has 128 valence electrons. The van der Waals surface area contributed by atoms with E-state index < -0.39 is 5.54 Å². The number of aromatic amines is 1. The maximum atomic E-state index is 13.3. The molecule has 2 atom stereocenters. The minimum Gasteiger partial charge on any atom is -0.302 e. The molecule has 25 heavy (non-hydrogen) atoms. The number of hydrogen-bond acceptors (Lipinski definition) is 5. The summed E-state index contributed by atoms with van der Waals surface area (Å²) in [5, 5.41) is 11.8. The van der Waals surface area contributed by atoms with Gasteiger partial charge in [-0.05, 0) is 50.2 Å². The monoisotopic (exact) mass is 352 g/mol. The number of likely N-dealkylation sites (tertiary alicyclic amines) is 1. The van der Waals surface area contributed by atoms with E-state index >= 15 is 0 Å². The highest BCUT2D eigenvalue weighted by molar-refractivity contribution is 7.15. The number of hydrogen-bond donors (Lipinski definition) is 2. The maximum Gasteiger partial charge on any atom is 0.205 e. The Hall–Kier alpha value is -2.02. The van der Waals surface area contributed by atoms with Crippen LogP contribution in [0.15, 0.2) is 30.3 Å². The van der Waals surface area contributed by atoms with Crippen LogP contribution in [0.5, 0.6) is 0 Å². The van der Waals surface area contributed by atoms with Gasteiger partial charge in [-0.15, -0.1) is 11.3 Å². The molecule has 0 unspecified atom stereocenters. The molecular weight excluding hydrogens is 332 g/mol. The summed E-state index contributed by atoms with van der Waals surface area (Å²) in [7, 11) is 2.10. The first-order valence-corrected chi connectivity index (χ1v) is 9.42. The lowest BCUT2D eigenvalue weighted by molar-refractivity contribution is 0.0851. The van der Waals surface area contributed by atoms with Gasteiger partial charge in [-0.2, -0.15) is 5.10 Å². The Labute approximate surface area is 150 Å². The molecular formula is C19H20N4OS. The zero-order valence-corrected chi connectivity index (χ0v) is 15.1. The fourth-order valence-corrected chi connectivity index (χ4v) is 5.11. The normalized spacial score (nSPS) is 25.9. The number of Topliss-reactive ketones (excluding diaryl/α,β-unsaturated/α-hetero) is 1. The van der Waals surface area contributed by atoms with Gasteiger partial charge in [0.25, 0.3) is 0 Å². The van der Waals surface area contributed by atoms with Gasteiger partial charge in [0.05, 0.1) is 11.1 Å². The molecule has 0 aliphatic carbocycles. The van der Waals surface area contributed by atoms with Gasteiger partial charge in [0.2, 0.25) is 5.78 Å². The van der Waals surface area contributed by atoms with E-state index in [2.05, 4.69) is 58.7 Å². The molecule has 2 N–H and O–H groups in total. The van der Waals surface area contributed by atoms with E-state index in [1.165, 1.54) is 9.75 Å². The van der Waals surface area contributed by atoms with E-state index in [-0.39, 0.29) is 5.78 Å². The highest BCUT2D eigenvalue weighted by Gasteiger charge is 2.53. The van der Waals surface area contributed by atoms with E-state index in [9.17, 15) is 4.79 Å². The van der Waals surface area contributed by atoms with Crippen LogP contribution in [0.25, 0.3) is 21.3 Å². The first kappa shape index (κ1) is 15.3. The van der Waals surface area contributed by atoms with E-state index in [4.69, 9.17) is 0 Å². The summed E-state index contributed by atoms with van der Waals surface area (Å²) >= 11 is 1.77. The van der Waals surface area contributed by atoms with Gasteiger partial charge in [-0.1, -0.05) is 6.07 Å². The zero-order chi connectivity index (χ0) is 17.2.